The average molecular weight is 421 g/mol. The summed E-state index contributed by atoms with van der Waals surface area (Å²) in [5, 5.41) is 5.86. The van der Waals surface area contributed by atoms with Crippen molar-refractivity contribution in [2.24, 2.45) is 5.10 Å². The Balaban J connectivity index is 1.62. The summed E-state index contributed by atoms with van der Waals surface area (Å²) < 4.78 is 6.92. The van der Waals surface area contributed by atoms with Gasteiger partial charge in [-0.25, -0.2) is 0 Å². The van der Waals surface area contributed by atoms with E-state index in [2.05, 4.69) is 21.0 Å². The van der Waals surface area contributed by atoms with Crippen LogP contribution in [-0.4, -0.2) is 11.6 Å². The highest BCUT2D eigenvalue weighted by atomic mass is 79.9. The molecule has 0 spiro atoms. The van der Waals surface area contributed by atoms with Crippen LogP contribution in [0.15, 0.2) is 80.2 Å². The van der Waals surface area contributed by atoms with Gasteiger partial charge in [-0.05, 0) is 61.9 Å². The molecule has 0 bridgehead atoms. The van der Waals surface area contributed by atoms with Crippen molar-refractivity contribution in [3.05, 3.63) is 82.0 Å². The van der Waals surface area contributed by atoms with Crippen LogP contribution < -0.4 is 5.01 Å². The quantitative estimate of drug-likeness (QED) is 0.500. The second kappa shape index (κ2) is 7.00. The lowest BCUT2D eigenvalue weighted by atomic mass is 10.1. The van der Waals surface area contributed by atoms with Gasteiger partial charge >= 0.3 is 0 Å². The van der Waals surface area contributed by atoms with Crippen LogP contribution in [0, 0.1) is 6.92 Å². The molecule has 0 saturated heterocycles. The molecule has 4 nitrogen and oxygen atoms in total. The number of nitrogens with zero attached hydrogens (tertiary/aromatic N) is 2. The Labute approximate surface area is 165 Å². The van der Waals surface area contributed by atoms with Crippen LogP contribution in [0.25, 0.3) is 17.4 Å². The topological polar surface area (TPSA) is 45.8 Å². The van der Waals surface area contributed by atoms with Gasteiger partial charge in [0.25, 0.3) is 5.91 Å². The second-order valence-electron chi connectivity index (χ2n) is 6.41. The van der Waals surface area contributed by atoms with E-state index >= 15 is 0 Å². The van der Waals surface area contributed by atoms with Crippen molar-refractivity contribution in [1.82, 2.24) is 0 Å². The molecule has 1 aromatic heterocycles. The highest BCUT2D eigenvalue weighted by Crippen LogP contribution is 2.28. The Morgan fingerprint density at radius 1 is 1.04 bits per heavy atom. The third-order valence-corrected chi connectivity index (χ3v) is 4.88. The minimum Gasteiger partial charge on any atom is -0.457 e. The first kappa shape index (κ1) is 17.5. The van der Waals surface area contributed by atoms with Crippen molar-refractivity contribution in [3.8, 4) is 11.3 Å². The number of furan rings is 1. The molecule has 0 unspecified atom stereocenters. The lowest BCUT2D eigenvalue weighted by Crippen LogP contribution is -2.21. The molecule has 0 atom stereocenters. The molecular weight excluding hydrogens is 404 g/mol. The summed E-state index contributed by atoms with van der Waals surface area (Å²) in [5.41, 5.74) is 4.03. The van der Waals surface area contributed by atoms with E-state index in [1.807, 2.05) is 74.5 Å². The first-order valence-electron chi connectivity index (χ1n) is 8.55. The van der Waals surface area contributed by atoms with E-state index in [9.17, 15) is 4.79 Å². The van der Waals surface area contributed by atoms with Crippen molar-refractivity contribution >= 4 is 39.3 Å². The number of carbonyl (C=O) groups is 1. The first-order chi connectivity index (χ1) is 13.0. The van der Waals surface area contributed by atoms with E-state index in [1.165, 1.54) is 5.01 Å². The fraction of sp³-hybridized carbons (Fsp3) is 0.0909. The van der Waals surface area contributed by atoms with E-state index in [-0.39, 0.29) is 5.91 Å². The summed E-state index contributed by atoms with van der Waals surface area (Å²) in [6, 6.07) is 19.4. The predicted molar refractivity (Wildman–Crippen MR) is 112 cm³/mol. The highest BCUT2D eigenvalue weighted by molar-refractivity contribution is 9.10. The van der Waals surface area contributed by atoms with Gasteiger partial charge in [-0.15, -0.1) is 0 Å². The normalized spacial score (nSPS) is 15.5. The maximum absolute atomic E-state index is 12.8. The van der Waals surface area contributed by atoms with Crippen molar-refractivity contribution < 1.29 is 9.21 Å². The summed E-state index contributed by atoms with van der Waals surface area (Å²) in [4.78, 5) is 12.8. The molecule has 0 N–H and O–H groups in total. The fourth-order valence-electron chi connectivity index (χ4n) is 2.96. The molecule has 3 aromatic rings. The standard InChI is InChI=1S/C22H17BrN2O2/c1-14-4-3-5-18(12-14)25-22(26)20(15(2)24-25)13-19-10-11-21(27-19)16-6-8-17(23)9-7-16/h3-13H,1-2H3. The van der Waals surface area contributed by atoms with E-state index in [1.54, 1.807) is 6.08 Å². The number of carbonyl (C=O) groups excluding carboxylic acids is 1. The van der Waals surface area contributed by atoms with E-state index in [0.717, 1.165) is 27.0 Å². The van der Waals surface area contributed by atoms with Gasteiger partial charge in [-0.1, -0.05) is 40.2 Å². The molecule has 134 valence electrons. The van der Waals surface area contributed by atoms with Gasteiger partial charge in [0.2, 0.25) is 0 Å². The zero-order chi connectivity index (χ0) is 19.0. The monoisotopic (exact) mass is 420 g/mol. The maximum Gasteiger partial charge on any atom is 0.280 e. The summed E-state index contributed by atoms with van der Waals surface area (Å²) in [6.45, 7) is 3.82. The third kappa shape index (κ3) is 3.51. The van der Waals surface area contributed by atoms with E-state index in [0.29, 0.717) is 17.0 Å². The van der Waals surface area contributed by atoms with E-state index in [4.69, 9.17) is 4.42 Å². The molecule has 1 aliphatic heterocycles. The van der Waals surface area contributed by atoms with Crippen LogP contribution in [-0.2, 0) is 4.79 Å². The van der Waals surface area contributed by atoms with Crippen LogP contribution in [0.1, 0.15) is 18.2 Å². The molecule has 4 rings (SSSR count). The SMILES string of the molecule is CC1=NN(c2cccc(C)c2)C(=O)C1=Cc1ccc(-c2ccc(Br)cc2)o1. The number of aryl methyl sites for hydroxylation is 1. The summed E-state index contributed by atoms with van der Waals surface area (Å²) >= 11 is 3.43. The Bertz CT molecular complexity index is 1080. The van der Waals surface area contributed by atoms with Gasteiger partial charge in [-0.2, -0.15) is 10.1 Å². The minimum absolute atomic E-state index is 0.153. The number of halogens is 1. The number of rotatable bonds is 3. The Kier molecular flexibility index (Phi) is 4.54. The predicted octanol–water partition coefficient (Wildman–Crippen LogP) is 5.82. The Morgan fingerprint density at radius 3 is 2.56 bits per heavy atom. The number of anilines is 1. The number of hydrogen-bond donors (Lipinski definition) is 0. The zero-order valence-corrected chi connectivity index (χ0v) is 16.5. The third-order valence-electron chi connectivity index (χ3n) is 4.35. The first-order valence-corrected chi connectivity index (χ1v) is 9.35. The molecule has 1 amide bonds. The van der Waals surface area contributed by atoms with Crippen LogP contribution >= 0.6 is 15.9 Å². The Hall–Kier alpha value is -2.92. The van der Waals surface area contributed by atoms with Crippen LogP contribution in [0.2, 0.25) is 0 Å². The highest BCUT2D eigenvalue weighted by Gasteiger charge is 2.29. The van der Waals surface area contributed by atoms with Gasteiger partial charge in [0, 0.05) is 10.0 Å². The van der Waals surface area contributed by atoms with Crippen molar-refractivity contribution in [3.63, 3.8) is 0 Å². The van der Waals surface area contributed by atoms with Gasteiger partial charge in [-0.3, -0.25) is 4.79 Å². The molecule has 0 fully saturated rings. The smallest absolute Gasteiger partial charge is 0.280 e. The summed E-state index contributed by atoms with van der Waals surface area (Å²) in [6.07, 6.45) is 1.75. The fourth-order valence-corrected chi connectivity index (χ4v) is 3.23. The Morgan fingerprint density at radius 2 is 1.81 bits per heavy atom. The molecule has 2 aromatic carbocycles. The number of benzene rings is 2. The van der Waals surface area contributed by atoms with Crippen LogP contribution in [0.4, 0.5) is 5.69 Å². The number of hydrazone groups is 1. The number of hydrogen-bond acceptors (Lipinski definition) is 3. The van der Waals surface area contributed by atoms with E-state index < -0.39 is 0 Å². The van der Waals surface area contributed by atoms with Crippen molar-refractivity contribution in [2.45, 2.75) is 13.8 Å². The van der Waals surface area contributed by atoms with Gasteiger partial charge < -0.3 is 4.42 Å². The maximum atomic E-state index is 12.8. The summed E-state index contributed by atoms with van der Waals surface area (Å²) in [7, 11) is 0. The van der Waals surface area contributed by atoms with Crippen molar-refractivity contribution in [1.29, 1.82) is 0 Å². The van der Waals surface area contributed by atoms with Gasteiger partial charge in [0.15, 0.2) is 0 Å². The minimum atomic E-state index is -0.153. The molecule has 1 aliphatic rings. The van der Waals surface area contributed by atoms with Crippen LogP contribution in [0.3, 0.4) is 0 Å². The molecule has 0 aliphatic carbocycles. The molecule has 5 heteroatoms. The van der Waals surface area contributed by atoms with Crippen molar-refractivity contribution in [2.75, 3.05) is 5.01 Å². The molecule has 27 heavy (non-hydrogen) atoms. The lowest BCUT2D eigenvalue weighted by Gasteiger charge is -2.12. The van der Waals surface area contributed by atoms with Gasteiger partial charge in [0.05, 0.1) is 17.0 Å². The van der Waals surface area contributed by atoms with Crippen LogP contribution in [0.5, 0.6) is 0 Å². The molecular formula is C22H17BrN2O2. The number of amides is 1. The zero-order valence-electron chi connectivity index (χ0n) is 14.9. The molecule has 2 heterocycles. The largest absolute Gasteiger partial charge is 0.457 e. The average Bonchev–Trinajstić information content (AvgIpc) is 3.23. The van der Waals surface area contributed by atoms with Gasteiger partial charge in [0.1, 0.15) is 11.5 Å². The second-order valence-corrected chi connectivity index (χ2v) is 7.32. The summed E-state index contributed by atoms with van der Waals surface area (Å²) in [5.74, 6) is 1.22. The molecule has 0 saturated carbocycles. The lowest BCUT2D eigenvalue weighted by molar-refractivity contribution is -0.114. The molecule has 0 radical (unpaired) electrons.